The van der Waals surface area contributed by atoms with Crippen LogP contribution in [0.4, 0.5) is 0 Å². The van der Waals surface area contributed by atoms with Crippen molar-refractivity contribution in [3.8, 4) is 11.5 Å². The van der Waals surface area contributed by atoms with Crippen LogP contribution in [-0.2, 0) is 4.79 Å². The van der Waals surface area contributed by atoms with Crippen molar-refractivity contribution in [2.45, 2.75) is 71.8 Å². The number of benzene rings is 1. The Kier molecular flexibility index (Phi) is 4.63. The van der Waals surface area contributed by atoms with Crippen LogP contribution in [0.25, 0.3) is 0 Å². The Labute approximate surface area is 145 Å². The lowest BCUT2D eigenvalue weighted by atomic mass is 9.51. The summed E-state index contributed by atoms with van der Waals surface area (Å²) in [5, 5.41) is 9.71. The molecule has 1 N–H and O–H groups in total. The molecule has 2 saturated carbocycles. The highest BCUT2D eigenvalue weighted by atomic mass is 16.5. The van der Waals surface area contributed by atoms with E-state index in [1.807, 2.05) is 19.9 Å². The van der Waals surface area contributed by atoms with Crippen LogP contribution in [-0.4, -0.2) is 17.0 Å². The molecule has 1 aromatic rings. The van der Waals surface area contributed by atoms with Crippen molar-refractivity contribution in [2.24, 2.45) is 17.3 Å². The predicted octanol–water partition coefficient (Wildman–Crippen LogP) is 5.07. The van der Waals surface area contributed by atoms with Crippen LogP contribution in [0, 0.1) is 17.3 Å². The molecule has 1 aromatic carbocycles. The molecule has 132 valence electrons. The van der Waals surface area contributed by atoms with Gasteiger partial charge in [0.05, 0.1) is 6.10 Å². The van der Waals surface area contributed by atoms with Crippen LogP contribution in [0.3, 0.4) is 0 Å². The largest absolute Gasteiger partial charge is 0.508 e. The molecule has 0 spiro atoms. The zero-order valence-electron chi connectivity index (χ0n) is 15.3. The van der Waals surface area contributed by atoms with E-state index in [9.17, 15) is 9.90 Å². The first-order chi connectivity index (χ1) is 11.5. The summed E-state index contributed by atoms with van der Waals surface area (Å²) in [6.07, 6.45) is 5.07. The number of carbonyl (C=O) groups excluding carboxylic acids is 1. The van der Waals surface area contributed by atoms with Gasteiger partial charge in [-0.05, 0) is 56.1 Å². The summed E-state index contributed by atoms with van der Waals surface area (Å²) in [6, 6.07) is 5.51. The molecule has 3 heteroatoms. The van der Waals surface area contributed by atoms with E-state index < -0.39 is 0 Å². The summed E-state index contributed by atoms with van der Waals surface area (Å²) < 4.78 is 6.14. The molecule has 5 atom stereocenters. The summed E-state index contributed by atoms with van der Waals surface area (Å²) in [5.74, 6) is 2.87. The highest BCUT2D eigenvalue weighted by molar-refractivity contribution is 5.85. The number of phenols is 1. The first-order valence-corrected chi connectivity index (χ1v) is 9.53. The van der Waals surface area contributed by atoms with E-state index in [1.54, 1.807) is 12.1 Å². The number of fused-ring (bicyclic) bond motifs is 5. The molecule has 2 aliphatic carbocycles. The fourth-order valence-electron chi connectivity index (χ4n) is 5.39. The van der Waals surface area contributed by atoms with Gasteiger partial charge in [-0.15, -0.1) is 0 Å². The van der Waals surface area contributed by atoms with Crippen LogP contribution >= 0.6 is 0 Å². The zero-order valence-corrected chi connectivity index (χ0v) is 15.3. The van der Waals surface area contributed by atoms with Gasteiger partial charge >= 0.3 is 0 Å². The van der Waals surface area contributed by atoms with E-state index in [4.69, 9.17) is 4.74 Å². The van der Waals surface area contributed by atoms with Gasteiger partial charge in [-0.2, -0.15) is 0 Å². The second-order valence-electron chi connectivity index (χ2n) is 7.61. The molecule has 5 unspecified atom stereocenters. The Hall–Kier alpha value is -1.51. The van der Waals surface area contributed by atoms with Gasteiger partial charge in [0.2, 0.25) is 0 Å². The highest BCUT2D eigenvalue weighted by Gasteiger charge is 2.55. The SMILES string of the molecule is CC.CC1Oc2cc(O)ccc2C2CCC3(C)C(=O)CCCC3C12. The molecule has 4 rings (SSSR count). The summed E-state index contributed by atoms with van der Waals surface area (Å²) in [5.41, 5.74) is 1.08. The van der Waals surface area contributed by atoms with E-state index in [-0.39, 0.29) is 17.3 Å². The first-order valence-electron chi connectivity index (χ1n) is 9.53. The average molecular weight is 330 g/mol. The highest BCUT2D eigenvalue weighted by Crippen LogP contribution is 2.59. The van der Waals surface area contributed by atoms with Gasteiger partial charge in [-0.1, -0.05) is 26.8 Å². The van der Waals surface area contributed by atoms with E-state index in [0.717, 1.165) is 37.9 Å². The van der Waals surface area contributed by atoms with Crippen LogP contribution in [0.5, 0.6) is 11.5 Å². The van der Waals surface area contributed by atoms with Crippen molar-refractivity contribution in [1.29, 1.82) is 0 Å². The second-order valence-corrected chi connectivity index (χ2v) is 7.61. The number of Topliss-reactive ketones (excluding diaryl/α,β-unsaturated/α-hetero) is 1. The third kappa shape index (κ3) is 2.53. The van der Waals surface area contributed by atoms with E-state index in [0.29, 0.717) is 23.5 Å². The van der Waals surface area contributed by atoms with Crippen molar-refractivity contribution in [3.05, 3.63) is 23.8 Å². The summed E-state index contributed by atoms with van der Waals surface area (Å²) >= 11 is 0. The van der Waals surface area contributed by atoms with Crippen LogP contribution in [0.1, 0.15) is 71.3 Å². The molecule has 2 fully saturated rings. The van der Waals surface area contributed by atoms with Crippen LogP contribution in [0.15, 0.2) is 18.2 Å². The van der Waals surface area contributed by atoms with Crippen LogP contribution < -0.4 is 4.74 Å². The molecule has 0 bridgehead atoms. The number of hydrogen-bond donors (Lipinski definition) is 1. The van der Waals surface area contributed by atoms with Crippen LogP contribution in [0.2, 0.25) is 0 Å². The molecule has 1 aliphatic heterocycles. The minimum absolute atomic E-state index is 0.106. The van der Waals surface area contributed by atoms with Gasteiger partial charge in [0.1, 0.15) is 17.3 Å². The first kappa shape index (κ1) is 17.3. The van der Waals surface area contributed by atoms with Gasteiger partial charge in [-0.3, -0.25) is 4.79 Å². The van der Waals surface area contributed by atoms with Crippen molar-refractivity contribution >= 4 is 5.78 Å². The molecule has 1 heterocycles. The normalized spacial score (nSPS) is 37.1. The quantitative estimate of drug-likeness (QED) is 0.722. The van der Waals surface area contributed by atoms with Gasteiger partial charge in [0.15, 0.2) is 0 Å². The Morgan fingerprint density at radius 3 is 2.75 bits per heavy atom. The Morgan fingerprint density at radius 1 is 1.25 bits per heavy atom. The third-order valence-corrected chi connectivity index (χ3v) is 6.53. The van der Waals surface area contributed by atoms with E-state index in [1.165, 1.54) is 5.56 Å². The maximum atomic E-state index is 12.5. The standard InChI is InChI=1S/C19H24O3.C2H6/c1-11-18-14(13-7-6-12(20)10-16(13)22-11)8-9-19(2)15(18)4-3-5-17(19)21;1-2/h6-7,10-11,14-15,18,20H,3-5,8-9H2,1-2H3;1-2H3. The number of ether oxygens (including phenoxy) is 1. The number of ketones is 1. The number of carbonyl (C=O) groups is 1. The second kappa shape index (κ2) is 6.42. The van der Waals surface area contributed by atoms with E-state index >= 15 is 0 Å². The van der Waals surface area contributed by atoms with Gasteiger partial charge in [0, 0.05) is 23.8 Å². The smallest absolute Gasteiger partial charge is 0.139 e. The van der Waals surface area contributed by atoms with E-state index in [2.05, 4.69) is 13.8 Å². The number of hydrogen-bond acceptors (Lipinski definition) is 3. The fourth-order valence-corrected chi connectivity index (χ4v) is 5.39. The van der Waals surface area contributed by atoms with Crippen molar-refractivity contribution in [3.63, 3.8) is 0 Å². The molecule has 3 aliphatic rings. The van der Waals surface area contributed by atoms with Gasteiger partial charge in [-0.25, -0.2) is 0 Å². The third-order valence-electron chi connectivity index (χ3n) is 6.53. The maximum absolute atomic E-state index is 12.5. The molecule has 0 aromatic heterocycles. The van der Waals surface area contributed by atoms with Crippen molar-refractivity contribution < 1.29 is 14.6 Å². The Balaban J connectivity index is 0.000000815. The zero-order chi connectivity index (χ0) is 17.5. The monoisotopic (exact) mass is 330 g/mol. The topological polar surface area (TPSA) is 46.5 Å². The molecular weight excluding hydrogens is 300 g/mol. The van der Waals surface area contributed by atoms with Crippen molar-refractivity contribution in [2.75, 3.05) is 0 Å². The van der Waals surface area contributed by atoms with Gasteiger partial charge in [0.25, 0.3) is 0 Å². The molecular formula is C21H30O3. The lowest BCUT2D eigenvalue weighted by Crippen LogP contribution is -2.53. The molecule has 3 nitrogen and oxygen atoms in total. The number of phenolic OH excluding ortho intramolecular Hbond substituents is 1. The minimum Gasteiger partial charge on any atom is -0.508 e. The molecule has 0 amide bonds. The summed E-state index contributed by atoms with van der Waals surface area (Å²) in [7, 11) is 0. The molecule has 0 saturated heterocycles. The Bertz CT molecular complexity index is 624. The average Bonchev–Trinajstić information content (AvgIpc) is 2.57. The van der Waals surface area contributed by atoms with Gasteiger partial charge < -0.3 is 9.84 Å². The fraction of sp³-hybridized carbons (Fsp3) is 0.667. The number of rotatable bonds is 0. The minimum atomic E-state index is -0.147. The number of aromatic hydroxyl groups is 1. The molecule has 0 radical (unpaired) electrons. The maximum Gasteiger partial charge on any atom is 0.139 e. The van der Waals surface area contributed by atoms with Crippen molar-refractivity contribution in [1.82, 2.24) is 0 Å². The predicted molar refractivity (Wildman–Crippen MR) is 95.5 cm³/mol. The molecule has 24 heavy (non-hydrogen) atoms. The summed E-state index contributed by atoms with van der Waals surface area (Å²) in [4.78, 5) is 12.5. The lowest BCUT2D eigenvalue weighted by molar-refractivity contribution is -0.143. The summed E-state index contributed by atoms with van der Waals surface area (Å²) in [6.45, 7) is 8.32. The Morgan fingerprint density at radius 2 is 2.00 bits per heavy atom. The lowest BCUT2D eigenvalue weighted by Gasteiger charge is -2.54.